The number of hydrogen-bond donors (Lipinski definition) is 2. The Morgan fingerprint density at radius 2 is 1.50 bits per heavy atom. The topological polar surface area (TPSA) is 87.6 Å². The highest BCUT2D eigenvalue weighted by molar-refractivity contribution is 7.89. The van der Waals surface area contributed by atoms with E-state index in [1.54, 1.807) is 49.4 Å². The molecule has 0 saturated heterocycles. The van der Waals surface area contributed by atoms with Crippen molar-refractivity contribution in [3.63, 3.8) is 0 Å². The zero-order valence-electron chi connectivity index (χ0n) is 18.6. The first-order valence-corrected chi connectivity index (χ1v) is 11.7. The number of nitrogens with one attached hydrogen (secondary N) is 2. The first kappa shape index (κ1) is 23.2. The molecule has 0 aliphatic heterocycles. The van der Waals surface area contributed by atoms with Gasteiger partial charge in [0.2, 0.25) is 0 Å². The molecule has 0 atom stereocenters. The highest BCUT2D eigenvalue weighted by atomic mass is 32.2. The second-order valence-corrected chi connectivity index (χ2v) is 10.1. The summed E-state index contributed by atoms with van der Waals surface area (Å²) in [6, 6.07) is 22.7. The predicted molar refractivity (Wildman–Crippen MR) is 129 cm³/mol. The van der Waals surface area contributed by atoms with Crippen LogP contribution in [0.1, 0.15) is 49.2 Å². The summed E-state index contributed by atoms with van der Waals surface area (Å²) < 4.78 is 24.7. The molecule has 6 nitrogen and oxygen atoms in total. The number of hydrazone groups is 1. The van der Waals surface area contributed by atoms with Crippen LogP contribution in [0.15, 0.2) is 88.9 Å². The van der Waals surface area contributed by atoms with Gasteiger partial charge in [-0.05, 0) is 59.9 Å². The van der Waals surface area contributed by atoms with Gasteiger partial charge in [0.1, 0.15) is 0 Å². The van der Waals surface area contributed by atoms with Crippen LogP contribution in [0.25, 0.3) is 0 Å². The molecule has 0 heterocycles. The Hall–Kier alpha value is -3.45. The summed E-state index contributed by atoms with van der Waals surface area (Å²) in [5.41, 5.74) is 3.47. The van der Waals surface area contributed by atoms with Gasteiger partial charge in [0.15, 0.2) is 0 Å². The molecule has 3 aromatic carbocycles. The van der Waals surface area contributed by atoms with Crippen LogP contribution in [0.3, 0.4) is 0 Å². The van der Waals surface area contributed by atoms with Crippen molar-refractivity contribution in [2.45, 2.75) is 38.0 Å². The van der Waals surface area contributed by atoms with Crippen LogP contribution in [0, 0.1) is 0 Å². The summed E-state index contributed by atoms with van der Waals surface area (Å²) in [7, 11) is -3.75. The minimum Gasteiger partial charge on any atom is -0.322 e. The molecule has 32 heavy (non-hydrogen) atoms. The van der Waals surface area contributed by atoms with E-state index in [9.17, 15) is 13.2 Å². The van der Waals surface area contributed by atoms with Gasteiger partial charge in [-0.2, -0.15) is 18.4 Å². The maximum atomic E-state index is 12.6. The molecule has 0 aromatic heterocycles. The van der Waals surface area contributed by atoms with Crippen molar-refractivity contribution in [2.24, 2.45) is 5.10 Å². The highest BCUT2D eigenvalue weighted by Crippen LogP contribution is 2.22. The third-order valence-electron chi connectivity index (χ3n) is 4.94. The molecule has 166 valence electrons. The fraction of sp³-hybridized carbons (Fsp3) is 0.200. The van der Waals surface area contributed by atoms with Crippen LogP contribution in [0.5, 0.6) is 0 Å². The van der Waals surface area contributed by atoms with Crippen molar-refractivity contribution in [1.29, 1.82) is 0 Å². The molecule has 0 spiro atoms. The maximum Gasteiger partial charge on any atom is 0.276 e. The third-order valence-corrected chi connectivity index (χ3v) is 6.16. The van der Waals surface area contributed by atoms with Crippen molar-refractivity contribution in [1.82, 2.24) is 4.83 Å². The Morgan fingerprint density at radius 3 is 2.12 bits per heavy atom. The first-order valence-electron chi connectivity index (χ1n) is 10.2. The number of hydrogen-bond acceptors (Lipinski definition) is 4. The van der Waals surface area contributed by atoms with Gasteiger partial charge in [-0.3, -0.25) is 4.79 Å². The molecule has 0 aliphatic carbocycles. The molecule has 7 heteroatoms. The normalized spacial score (nSPS) is 12.3. The van der Waals surface area contributed by atoms with Gasteiger partial charge in [-0.1, -0.05) is 63.2 Å². The molecular weight excluding hydrogens is 422 g/mol. The molecule has 1 amide bonds. The van der Waals surface area contributed by atoms with Crippen molar-refractivity contribution in [2.75, 3.05) is 5.32 Å². The van der Waals surface area contributed by atoms with Gasteiger partial charge in [-0.15, -0.1) is 0 Å². The number of carbonyl (C=O) groups is 1. The summed E-state index contributed by atoms with van der Waals surface area (Å²) in [6.07, 6.45) is 0. The van der Waals surface area contributed by atoms with E-state index in [2.05, 4.69) is 36.0 Å². The molecule has 0 unspecified atom stereocenters. The van der Waals surface area contributed by atoms with Gasteiger partial charge in [-0.25, -0.2) is 0 Å². The average molecular weight is 450 g/mol. The molecule has 0 bridgehead atoms. The van der Waals surface area contributed by atoms with Crippen molar-refractivity contribution in [3.8, 4) is 0 Å². The summed E-state index contributed by atoms with van der Waals surface area (Å²) in [5.74, 6) is -0.220. The van der Waals surface area contributed by atoms with Gasteiger partial charge < -0.3 is 5.32 Å². The molecule has 3 rings (SSSR count). The summed E-state index contributed by atoms with van der Waals surface area (Å²) in [5, 5.41) is 6.90. The average Bonchev–Trinajstić information content (AvgIpc) is 2.78. The Bertz CT molecular complexity index is 1230. The largest absolute Gasteiger partial charge is 0.322 e. The molecule has 3 aromatic rings. The smallest absolute Gasteiger partial charge is 0.276 e. The van der Waals surface area contributed by atoms with Crippen molar-refractivity contribution >= 4 is 27.3 Å². The number of rotatable bonds is 6. The first-order chi connectivity index (χ1) is 15.1. The number of benzene rings is 3. The van der Waals surface area contributed by atoms with E-state index in [1.165, 1.54) is 12.1 Å². The number of carbonyl (C=O) groups excluding carboxylic acids is 1. The Balaban J connectivity index is 1.72. The van der Waals surface area contributed by atoms with Crippen LogP contribution in [0.4, 0.5) is 5.69 Å². The monoisotopic (exact) mass is 449 g/mol. The van der Waals surface area contributed by atoms with Crippen LogP contribution < -0.4 is 10.1 Å². The van der Waals surface area contributed by atoms with Crippen molar-refractivity contribution in [3.05, 3.63) is 95.6 Å². The maximum absolute atomic E-state index is 12.6. The SMILES string of the molecule is CC(=NNS(=O)(=O)c1ccccc1)c1cccc(NC(=O)c2ccc(C(C)(C)C)cc2)c1. The van der Waals surface area contributed by atoms with E-state index in [1.807, 2.05) is 24.3 Å². The fourth-order valence-corrected chi connectivity index (χ4v) is 3.87. The van der Waals surface area contributed by atoms with E-state index < -0.39 is 10.0 Å². The molecule has 0 aliphatic rings. The van der Waals surface area contributed by atoms with Crippen LogP contribution in [-0.2, 0) is 15.4 Å². The number of anilines is 1. The minimum atomic E-state index is -3.75. The second kappa shape index (κ2) is 9.36. The van der Waals surface area contributed by atoms with E-state index >= 15 is 0 Å². The van der Waals surface area contributed by atoms with E-state index in [0.717, 1.165) is 5.56 Å². The highest BCUT2D eigenvalue weighted by Gasteiger charge is 2.15. The number of sulfonamides is 1. The molecular formula is C25H27N3O3S. The minimum absolute atomic E-state index is 0.0161. The number of nitrogens with zero attached hydrogens (tertiary/aromatic N) is 1. The van der Waals surface area contributed by atoms with E-state index in [-0.39, 0.29) is 16.2 Å². The fourth-order valence-electron chi connectivity index (χ4n) is 2.99. The lowest BCUT2D eigenvalue weighted by Crippen LogP contribution is -2.20. The summed E-state index contributed by atoms with van der Waals surface area (Å²) >= 11 is 0. The Labute approximate surface area is 189 Å². The van der Waals surface area contributed by atoms with Gasteiger partial charge in [0.05, 0.1) is 10.6 Å². The molecule has 0 fully saturated rings. The molecule has 0 saturated carbocycles. The Morgan fingerprint density at radius 1 is 0.844 bits per heavy atom. The Kier molecular flexibility index (Phi) is 6.79. The summed E-state index contributed by atoms with van der Waals surface area (Å²) in [6.45, 7) is 8.06. The zero-order chi connectivity index (χ0) is 23.4. The molecule has 0 radical (unpaired) electrons. The predicted octanol–water partition coefficient (Wildman–Crippen LogP) is 4.94. The number of amides is 1. The van der Waals surface area contributed by atoms with Crippen LogP contribution in [0.2, 0.25) is 0 Å². The van der Waals surface area contributed by atoms with Gasteiger partial charge >= 0.3 is 0 Å². The third kappa shape index (κ3) is 5.82. The lowest BCUT2D eigenvalue weighted by molar-refractivity contribution is 0.102. The summed E-state index contributed by atoms with van der Waals surface area (Å²) in [4.78, 5) is 15.0. The van der Waals surface area contributed by atoms with Crippen LogP contribution in [-0.4, -0.2) is 20.0 Å². The van der Waals surface area contributed by atoms with Gasteiger partial charge in [0, 0.05) is 11.3 Å². The van der Waals surface area contributed by atoms with E-state index in [0.29, 0.717) is 22.5 Å². The quantitative estimate of drug-likeness (QED) is 0.413. The second-order valence-electron chi connectivity index (χ2n) is 8.47. The van der Waals surface area contributed by atoms with E-state index in [4.69, 9.17) is 0 Å². The molecule has 2 N–H and O–H groups in total. The van der Waals surface area contributed by atoms with Crippen molar-refractivity contribution < 1.29 is 13.2 Å². The zero-order valence-corrected chi connectivity index (χ0v) is 19.4. The lowest BCUT2D eigenvalue weighted by Gasteiger charge is -2.19. The van der Waals surface area contributed by atoms with Gasteiger partial charge in [0.25, 0.3) is 15.9 Å². The van der Waals surface area contributed by atoms with Crippen LogP contribution >= 0.6 is 0 Å². The standard InChI is InChI=1S/C25H27N3O3S/c1-18(27-28-32(30,31)23-11-6-5-7-12-23)20-9-8-10-22(17-20)26-24(29)19-13-15-21(16-14-19)25(2,3)4/h5-17,28H,1-4H3,(H,26,29). The lowest BCUT2D eigenvalue weighted by atomic mass is 9.87.